The summed E-state index contributed by atoms with van der Waals surface area (Å²) >= 11 is 0. The highest BCUT2D eigenvalue weighted by Crippen LogP contribution is 2.37. The van der Waals surface area contributed by atoms with Crippen LogP contribution < -0.4 is 10.6 Å². The van der Waals surface area contributed by atoms with Crippen molar-refractivity contribution >= 4 is 19.8 Å². The van der Waals surface area contributed by atoms with E-state index in [-0.39, 0.29) is 19.8 Å². The van der Waals surface area contributed by atoms with Crippen molar-refractivity contribution < 1.29 is 43.3 Å². The van der Waals surface area contributed by atoms with Crippen molar-refractivity contribution in [3.8, 4) is 0 Å². The van der Waals surface area contributed by atoms with Gasteiger partial charge >= 0.3 is 11.9 Å². The number of carbonyl (C=O) groups excluding carboxylic acids is 2. The van der Waals surface area contributed by atoms with E-state index in [1.54, 1.807) is 0 Å². The molecule has 0 aromatic heterocycles. The molecule has 2 atom stereocenters. The Labute approximate surface area is 110 Å². The van der Waals surface area contributed by atoms with Crippen molar-refractivity contribution in [2.45, 2.75) is 20.0 Å². The molecule has 0 aromatic rings. The molecule has 10 heteroatoms. The Balaban J connectivity index is 4.26. The van der Waals surface area contributed by atoms with Crippen LogP contribution in [0.2, 0.25) is 0 Å². The molecule has 112 valence electrons. The summed E-state index contributed by atoms with van der Waals surface area (Å²) in [7, 11) is -4.48. The fourth-order valence-electron chi connectivity index (χ4n) is 0.949. The smallest absolute Gasteiger partial charge is 0.303 e. The lowest BCUT2D eigenvalue weighted by Crippen LogP contribution is -2.52. The van der Waals surface area contributed by atoms with E-state index in [0.29, 0.717) is 0 Å². The van der Waals surface area contributed by atoms with Crippen molar-refractivity contribution in [2.75, 3.05) is 26.4 Å². The second kappa shape index (κ2) is 9.00. The third-order valence-corrected chi connectivity index (χ3v) is 2.58. The highest BCUT2D eigenvalue weighted by atomic mass is 31.2. The van der Waals surface area contributed by atoms with Crippen LogP contribution in [0.3, 0.4) is 0 Å². The molecule has 2 unspecified atom stereocenters. The van der Waals surface area contributed by atoms with Crippen LogP contribution >= 0.6 is 7.82 Å². The lowest BCUT2D eigenvalue weighted by Gasteiger charge is -2.24. The Morgan fingerprint density at radius 1 is 1.21 bits per heavy atom. The van der Waals surface area contributed by atoms with Gasteiger partial charge in [-0.1, -0.05) is 0 Å². The molecule has 3 N–H and O–H groups in total. The Bertz CT molecular complexity index is 347. The van der Waals surface area contributed by atoms with Gasteiger partial charge in [-0.2, -0.15) is 0 Å². The van der Waals surface area contributed by atoms with E-state index in [9.17, 15) is 19.0 Å². The first kappa shape index (κ1) is 18.0. The quantitative estimate of drug-likeness (QED) is 0.389. The second-order valence-corrected chi connectivity index (χ2v) is 4.87. The maximum atomic E-state index is 11.2. The predicted molar refractivity (Wildman–Crippen MR) is 59.5 cm³/mol. The summed E-state index contributed by atoms with van der Waals surface area (Å²) in [6, 6.07) is 0. The van der Waals surface area contributed by atoms with Gasteiger partial charge < -0.3 is 29.1 Å². The normalized spacial score (nSPS) is 15.4. The molecule has 0 amide bonds. The number of phosphoric acid groups is 1. The van der Waals surface area contributed by atoms with Crippen molar-refractivity contribution in [3.05, 3.63) is 0 Å². The summed E-state index contributed by atoms with van der Waals surface area (Å²) in [5, 5.41) is 0. The Hall–Kier alpha value is -0.990. The minimum absolute atomic E-state index is 0.108. The molecule has 0 fully saturated rings. The van der Waals surface area contributed by atoms with Gasteiger partial charge in [0.15, 0.2) is 6.10 Å². The van der Waals surface area contributed by atoms with Crippen LogP contribution in [0.25, 0.3) is 0 Å². The minimum atomic E-state index is -4.48. The Kier molecular flexibility index (Phi) is 8.53. The molecular weight excluding hydrogens is 281 g/mol. The van der Waals surface area contributed by atoms with Gasteiger partial charge in [-0.15, -0.1) is 0 Å². The van der Waals surface area contributed by atoms with E-state index >= 15 is 0 Å². The molecule has 0 spiro atoms. The minimum Gasteiger partial charge on any atom is -0.756 e. The molecule has 0 saturated heterocycles. The van der Waals surface area contributed by atoms with Crippen molar-refractivity contribution in [3.63, 3.8) is 0 Å². The SMILES string of the molecule is CC(=O)OCC(COP(=O)([O-])OCC[NH3+])OC(C)=O. The third kappa shape index (κ3) is 10.6. The summed E-state index contributed by atoms with van der Waals surface area (Å²) in [6.45, 7) is 1.66. The summed E-state index contributed by atoms with van der Waals surface area (Å²) in [6.07, 6.45) is -1.02. The number of quaternary nitrogens is 1. The van der Waals surface area contributed by atoms with Crippen LogP contribution in [-0.2, 0) is 32.7 Å². The fourth-order valence-corrected chi connectivity index (χ4v) is 1.73. The molecule has 0 aliphatic rings. The van der Waals surface area contributed by atoms with Gasteiger partial charge in [0, 0.05) is 13.8 Å². The highest BCUT2D eigenvalue weighted by Gasteiger charge is 2.18. The van der Waals surface area contributed by atoms with Gasteiger partial charge in [0.1, 0.15) is 13.2 Å². The zero-order chi connectivity index (χ0) is 14.9. The zero-order valence-electron chi connectivity index (χ0n) is 10.8. The van der Waals surface area contributed by atoms with Gasteiger partial charge in [0.05, 0.1) is 13.2 Å². The van der Waals surface area contributed by atoms with Crippen LogP contribution in [0.4, 0.5) is 0 Å². The first-order valence-electron chi connectivity index (χ1n) is 5.47. The third-order valence-electron chi connectivity index (χ3n) is 1.62. The van der Waals surface area contributed by atoms with Crippen molar-refractivity contribution in [2.24, 2.45) is 0 Å². The molecule has 9 nitrogen and oxygen atoms in total. The van der Waals surface area contributed by atoms with Crippen LogP contribution in [0.15, 0.2) is 0 Å². The standard InChI is InChI=1S/C9H18NO8P/c1-7(11)15-5-9(18-8(2)12)6-17-19(13,14)16-4-3-10/h9H,3-6,10H2,1-2H3,(H,13,14). The van der Waals surface area contributed by atoms with Gasteiger partial charge in [-0.25, -0.2) is 0 Å². The average Bonchev–Trinajstić information content (AvgIpc) is 2.29. The molecule has 0 radical (unpaired) electrons. The van der Waals surface area contributed by atoms with Crippen LogP contribution in [0.1, 0.15) is 13.8 Å². The highest BCUT2D eigenvalue weighted by molar-refractivity contribution is 7.45. The van der Waals surface area contributed by atoms with Gasteiger partial charge in [0.25, 0.3) is 7.82 Å². The average molecular weight is 299 g/mol. The molecule has 0 aliphatic heterocycles. The molecule has 0 aromatic carbocycles. The summed E-state index contributed by atoms with van der Waals surface area (Å²) < 4.78 is 29.5. The number of ether oxygens (including phenoxy) is 2. The summed E-state index contributed by atoms with van der Waals surface area (Å²) in [4.78, 5) is 32.6. The van der Waals surface area contributed by atoms with Crippen LogP contribution in [0, 0.1) is 0 Å². The first-order valence-corrected chi connectivity index (χ1v) is 6.93. The van der Waals surface area contributed by atoms with Crippen LogP contribution in [0.5, 0.6) is 0 Å². The van der Waals surface area contributed by atoms with Gasteiger partial charge in [-0.05, 0) is 0 Å². The number of phosphoric ester groups is 1. The first-order chi connectivity index (χ1) is 8.76. The van der Waals surface area contributed by atoms with E-state index in [0.717, 1.165) is 6.92 Å². The molecule has 0 bridgehead atoms. The molecule has 19 heavy (non-hydrogen) atoms. The maximum Gasteiger partial charge on any atom is 0.303 e. The van der Waals surface area contributed by atoms with Gasteiger partial charge in [-0.3, -0.25) is 14.2 Å². The second-order valence-electron chi connectivity index (χ2n) is 3.46. The Morgan fingerprint density at radius 2 is 1.84 bits per heavy atom. The number of carbonyl (C=O) groups is 2. The number of hydrogen-bond donors (Lipinski definition) is 1. The lowest BCUT2D eigenvalue weighted by molar-refractivity contribution is -0.373. The lowest BCUT2D eigenvalue weighted by atomic mass is 10.4. The zero-order valence-corrected chi connectivity index (χ0v) is 11.7. The number of hydrogen-bond acceptors (Lipinski definition) is 8. The van der Waals surface area contributed by atoms with E-state index in [1.165, 1.54) is 6.92 Å². The Morgan fingerprint density at radius 3 is 2.32 bits per heavy atom. The fraction of sp³-hybridized carbons (Fsp3) is 0.778. The van der Waals surface area contributed by atoms with Crippen LogP contribution in [-0.4, -0.2) is 44.4 Å². The van der Waals surface area contributed by atoms with E-state index < -0.39 is 32.5 Å². The van der Waals surface area contributed by atoms with Gasteiger partial charge in [0.2, 0.25) is 0 Å². The molecule has 0 saturated carbocycles. The largest absolute Gasteiger partial charge is 0.756 e. The predicted octanol–water partition coefficient (Wildman–Crippen LogP) is -1.78. The maximum absolute atomic E-state index is 11.2. The molecule has 0 heterocycles. The van der Waals surface area contributed by atoms with E-state index in [1.807, 2.05) is 0 Å². The van der Waals surface area contributed by atoms with E-state index in [2.05, 4.69) is 19.5 Å². The molecule has 0 aliphatic carbocycles. The monoisotopic (exact) mass is 299 g/mol. The summed E-state index contributed by atoms with van der Waals surface area (Å²) in [5.41, 5.74) is 3.40. The topological polar surface area (TPSA) is 139 Å². The molecular formula is C9H18NO8P. The van der Waals surface area contributed by atoms with Crippen molar-refractivity contribution in [1.82, 2.24) is 0 Å². The van der Waals surface area contributed by atoms with E-state index in [4.69, 9.17) is 4.74 Å². The number of esters is 2. The molecule has 0 rings (SSSR count). The summed E-state index contributed by atoms with van der Waals surface area (Å²) in [5.74, 6) is -1.24. The van der Waals surface area contributed by atoms with Crippen molar-refractivity contribution in [1.29, 1.82) is 0 Å². The number of rotatable bonds is 9.